The molecule has 3 aliphatic rings. The van der Waals surface area contributed by atoms with Gasteiger partial charge in [0.05, 0.1) is 5.56 Å². The van der Waals surface area contributed by atoms with Crippen molar-refractivity contribution in [1.29, 1.82) is 0 Å². The molecule has 0 saturated carbocycles. The maximum absolute atomic E-state index is 13.2. The molecule has 44 heavy (non-hydrogen) atoms. The van der Waals surface area contributed by atoms with Crippen LogP contribution in [-0.2, 0) is 19.3 Å². The fraction of sp³-hybridized carbons (Fsp3) is 0.375. The topological polar surface area (TPSA) is 77.6 Å². The predicted octanol–water partition coefficient (Wildman–Crippen LogP) is 4.74. The number of nitrogens with one attached hydrogen (secondary N) is 1. The number of ether oxygens (including phenoxy) is 2. The summed E-state index contributed by atoms with van der Waals surface area (Å²) in [5.41, 5.74) is 2.32. The van der Waals surface area contributed by atoms with E-state index >= 15 is 0 Å². The highest BCUT2D eigenvalue weighted by Crippen LogP contribution is 2.33. The average Bonchev–Trinajstić information content (AvgIpc) is 3.49. The van der Waals surface area contributed by atoms with Crippen LogP contribution in [0.25, 0.3) is 0 Å². The lowest BCUT2D eigenvalue weighted by atomic mass is 10.1. The first kappa shape index (κ1) is 29.8. The number of amides is 3. The van der Waals surface area contributed by atoms with Crippen molar-refractivity contribution in [3.05, 3.63) is 89.0 Å². The zero-order valence-corrected chi connectivity index (χ0v) is 24.2. The summed E-state index contributed by atoms with van der Waals surface area (Å²) in [5, 5.41) is 2.94. The minimum Gasteiger partial charge on any atom is -0.454 e. The maximum atomic E-state index is 13.2. The molecule has 232 valence electrons. The first-order chi connectivity index (χ1) is 21.2. The molecule has 0 aromatic heterocycles. The van der Waals surface area contributed by atoms with Gasteiger partial charge in [0.15, 0.2) is 11.5 Å². The van der Waals surface area contributed by atoms with Crippen LogP contribution >= 0.6 is 0 Å². The summed E-state index contributed by atoms with van der Waals surface area (Å²) in [5.74, 6) is 1.41. The fourth-order valence-corrected chi connectivity index (χ4v) is 5.69. The zero-order valence-electron chi connectivity index (χ0n) is 24.2. The highest BCUT2D eigenvalue weighted by Gasteiger charge is 2.30. The third-order valence-corrected chi connectivity index (χ3v) is 8.21. The molecule has 0 bridgehead atoms. The van der Waals surface area contributed by atoms with E-state index in [2.05, 4.69) is 15.1 Å². The second-order valence-corrected chi connectivity index (χ2v) is 11.2. The second-order valence-electron chi connectivity index (χ2n) is 11.2. The molecular weight excluding hydrogens is 575 g/mol. The summed E-state index contributed by atoms with van der Waals surface area (Å²) in [6.07, 6.45) is -4.35. The minimum atomic E-state index is -4.35. The first-order valence-electron chi connectivity index (χ1n) is 14.7. The van der Waals surface area contributed by atoms with E-state index in [0.29, 0.717) is 57.1 Å². The Bertz CT molecular complexity index is 1480. The van der Waals surface area contributed by atoms with Gasteiger partial charge in [-0.05, 0) is 53.6 Å². The van der Waals surface area contributed by atoms with Gasteiger partial charge >= 0.3 is 12.2 Å². The van der Waals surface area contributed by atoms with E-state index in [0.717, 1.165) is 54.4 Å². The minimum absolute atomic E-state index is 0.118. The summed E-state index contributed by atoms with van der Waals surface area (Å²) in [7, 11) is 0. The Kier molecular flexibility index (Phi) is 8.62. The number of hydrogen-bond acceptors (Lipinski definition) is 6. The number of halogens is 3. The Hall–Kier alpha value is -4.29. The quantitative estimate of drug-likeness (QED) is 0.435. The van der Waals surface area contributed by atoms with Gasteiger partial charge < -0.3 is 24.6 Å². The van der Waals surface area contributed by atoms with E-state index in [4.69, 9.17) is 9.47 Å². The number of urea groups is 1. The number of benzene rings is 3. The number of nitrogens with zero attached hydrogens (tertiary/aromatic N) is 4. The van der Waals surface area contributed by atoms with Gasteiger partial charge in [-0.3, -0.25) is 14.6 Å². The van der Waals surface area contributed by atoms with Crippen LogP contribution in [0.1, 0.15) is 27.0 Å². The summed E-state index contributed by atoms with van der Waals surface area (Å²) in [6, 6.07) is 17.9. The molecule has 2 fully saturated rings. The monoisotopic (exact) mass is 609 g/mol. The molecule has 3 heterocycles. The van der Waals surface area contributed by atoms with Crippen molar-refractivity contribution >= 4 is 17.6 Å². The van der Waals surface area contributed by atoms with Gasteiger partial charge in [0.1, 0.15) is 0 Å². The SMILES string of the molecule is O=C(Nc1cccc(C(=O)N2CCN(Cc3ccc(C(F)(F)F)cc3)CC2)c1)N1CCN(Cc2ccc3c(c2)OCO3)CC1. The molecule has 3 aromatic rings. The first-order valence-corrected chi connectivity index (χ1v) is 14.7. The molecule has 2 saturated heterocycles. The Morgan fingerprint density at radius 1 is 0.705 bits per heavy atom. The van der Waals surface area contributed by atoms with Gasteiger partial charge in [-0.2, -0.15) is 13.2 Å². The standard InChI is InChI=1S/C32H34F3N5O4/c33-32(34,35)26-7-4-23(5-8-26)20-37-10-14-39(15-11-37)30(41)25-2-1-3-27(19-25)36-31(42)40-16-12-38(13-17-40)21-24-6-9-28-29(18-24)44-22-43-28/h1-9,18-19H,10-17,20-22H2,(H,36,42). The summed E-state index contributed by atoms with van der Waals surface area (Å²) in [6.45, 7) is 6.44. The van der Waals surface area contributed by atoms with E-state index in [-0.39, 0.29) is 18.7 Å². The molecule has 1 N–H and O–H groups in total. The van der Waals surface area contributed by atoms with Crippen LogP contribution in [-0.4, -0.2) is 90.7 Å². The number of anilines is 1. The average molecular weight is 610 g/mol. The van der Waals surface area contributed by atoms with Crippen LogP contribution in [0.5, 0.6) is 11.5 Å². The van der Waals surface area contributed by atoms with Gasteiger partial charge in [0.25, 0.3) is 5.91 Å². The number of fused-ring (bicyclic) bond motifs is 1. The normalized spacial score (nSPS) is 17.5. The van der Waals surface area contributed by atoms with Crippen LogP contribution in [0, 0.1) is 0 Å². The number of piperazine rings is 2. The maximum Gasteiger partial charge on any atom is 0.416 e. The molecule has 3 amide bonds. The smallest absolute Gasteiger partial charge is 0.416 e. The summed E-state index contributed by atoms with van der Waals surface area (Å²) < 4.78 is 49.4. The Morgan fingerprint density at radius 3 is 2.00 bits per heavy atom. The lowest BCUT2D eigenvalue weighted by molar-refractivity contribution is -0.137. The van der Waals surface area contributed by atoms with E-state index in [1.165, 1.54) is 12.1 Å². The van der Waals surface area contributed by atoms with Crippen LogP contribution in [0.2, 0.25) is 0 Å². The van der Waals surface area contributed by atoms with E-state index in [9.17, 15) is 22.8 Å². The Labute approximate surface area is 253 Å². The lowest BCUT2D eigenvalue weighted by Crippen LogP contribution is -2.49. The van der Waals surface area contributed by atoms with Gasteiger partial charge in [0, 0.05) is 76.7 Å². The fourth-order valence-electron chi connectivity index (χ4n) is 5.69. The summed E-state index contributed by atoms with van der Waals surface area (Å²) in [4.78, 5) is 34.2. The molecule has 6 rings (SSSR count). The molecule has 12 heteroatoms. The van der Waals surface area contributed by atoms with E-state index in [1.54, 1.807) is 34.1 Å². The van der Waals surface area contributed by atoms with E-state index in [1.807, 2.05) is 18.2 Å². The zero-order chi connectivity index (χ0) is 30.7. The number of hydrogen-bond donors (Lipinski definition) is 1. The van der Waals surface area contributed by atoms with Crippen molar-refractivity contribution < 1.29 is 32.2 Å². The van der Waals surface area contributed by atoms with Crippen molar-refractivity contribution in [2.45, 2.75) is 19.3 Å². The molecule has 0 unspecified atom stereocenters. The number of carbonyl (C=O) groups is 2. The van der Waals surface area contributed by atoms with Gasteiger partial charge in [-0.25, -0.2) is 4.79 Å². The molecule has 0 radical (unpaired) electrons. The highest BCUT2D eigenvalue weighted by molar-refractivity contribution is 5.97. The lowest BCUT2D eigenvalue weighted by Gasteiger charge is -2.35. The molecule has 0 atom stereocenters. The van der Waals surface area contributed by atoms with Gasteiger partial charge in [-0.1, -0.05) is 24.3 Å². The number of carbonyl (C=O) groups excluding carboxylic acids is 2. The molecular formula is C32H34F3N5O4. The molecule has 3 aliphatic heterocycles. The highest BCUT2D eigenvalue weighted by atomic mass is 19.4. The van der Waals surface area contributed by atoms with Crippen molar-refractivity contribution in [3.63, 3.8) is 0 Å². The van der Waals surface area contributed by atoms with Crippen molar-refractivity contribution in [2.24, 2.45) is 0 Å². The van der Waals surface area contributed by atoms with Crippen LogP contribution in [0.4, 0.5) is 23.7 Å². The molecule has 0 aliphatic carbocycles. The summed E-state index contributed by atoms with van der Waals surface area (Å²) >= 11 is 0. The molecule has 0 spiro atoms. The van der Waals surface area contributed by atoms with Crippen LogP contribution in [0.3, 0.4) is 0 Å². The Morgan fingerprint density at radius 2 is 1.32 bits per heavy atom. The predicted molar refractivity (Wildman–Crippen MR) is 158 cm³/mol. The molecule has 3 aromatic carbocycles. The van der Waals surface area contributed by atoms with Crippen molar-refractivity contribution in [3.8, 4) is 11.5 Å². The number of alkyl halides is 3. The third-order valence-electron chi connectivity index (χ3n) is 8.21. The van der Waals surface area contributed by atoms with E-state index < -0.39 is 11.7 Å². The van der Waals surface area contributed by atoms with Gasteiger partial charge in [0.2, 0.25) is 6.79 Å². The van der Waals surface area contributed by atoms with Crippen molar-refractivity contribution in [2.75, 3.05) is 64.5 Å². The van der Waals surface area contributed by atoms with Crippen molar-refractivity contribution in [1.82, 2.24) is 19.6 Å². The largest absolute Gasteiger partial charge is 0.454 e. The second kappa shape index (κ2) is 12.7. The Balaban J connectivity index is 0.957. The van der Waals surface area contributed by atoms with Crippen LogP contribution < -0.4 is 14.8 Å². The van der Waals surface area contributed by atoms with Gasteiger partial charge in [-0.15, -0.1) is 0 Å². The molecule has 9 nitrogen and oxygen atoms in total. The van der Waals surface area contributed by atoms with Crippen LogP contribution in [0.15, 0.2) is 66.7 Å². The number of rotatable bonds is 6. The third kappa shape index (κ3) is 7.08.